The third-order valence-electron chi connectivity index (χ3n) is 2.80. The van der Waals surface area contributed by atoms with E-state index in [0.29, 0.717) is 6.61 Å². The first-order valence-electron chi connectivity index (χ1n) is 6.16. The molecule has 0 aliphatic heterocycles. The van der Waals surface area contributed by atoms with Crippen LogP contribution in [-0.4, -0.2) is 36.8 Å². The van der Waals surface area contributed by atoms with Crippen molar-refractivity contribution in [2.75, 3.05) is 26.7 Å². The third-order valence-corrected chi connectivity index (χ3v) is 2.80. The molecular formula is C14H23NO. The van der Waals surface area contributed by atoms with E-state index in [0.717, 1.165) is 32.4 Å². The van der Waals surface area contributed by atoms with Crippen LogP contribution in [0.25, 0.3) is 0 Å². The molecule has 0 heterocycles. The standard InChI is InChI=1S/C14H23NO/c1-15(11-5-6-13-16)12-7-10-14-8-3-2-4-9-14/h2-4,8-9,16H,5-7,10-13H2,1H3. The summed E-state index contributed by atoms with van der Waals surface area (Å²) in [6, 6.07) is 10.6. The Labute approximate surface area is 98.9 Å². The lowest BCUT2D eigenvalue weighted by Gasteiger charge is -2.15. The van der Waals surface area contributed by atoms with Crippen LogP contribution in [0.5, 0.6) is 0 Å². The molecule has 0 saturated heterocycles. The molecule has 0 fully saturated rings. The van der Waals surface area contributed by atoms with Crippen LogP contribution in [0.2, 0.25) is 0 Å². The number of rotatable bonds is 8. The van der Waals surface area contributed by atoms with Gasteiger partial charge in [0.25, 0.3) is 0 Å². The maximum Gasteiger partial charge on any atom is 0.0431 e. The topological polar surface area (TPSA) is 23.5 Å². The van der Waals surface area contributed by atoms with Crippen LogP contribution in [0.15, 0.2) is 30.3 Å². The second-order valence-corrected chi connectivity index (χ2v) is 4.32. The molecule has 0 saturated carbocycles. The molecule has 1 aromatic rings. The lowest BCUT2D eigenvalue weighted by atomic mass is 10.1. The van der Waals surface area contributed by atoms with Gasteiger partial charge in [0.1, 0.15) is 0 Å². The summed E-state index contributed by atoms with van der Waals surface area (Å²) in [5, 5.41) is 8.69. The normalized spacial score (nSPS) is 10.9. The predicted octanol–water partition coefficient (Wildman–Crippen LogP) is 2.32. The molecule has 2 nitrogen and oxygen atoms in total. The summed E-state index contributed by atoms with van der Waals surface area (Å²) in [7, 11) is 2.16. The number of hydrogen-bond acceptors (Lipinski definition) is 2. The van der Waals surface area contributed by atoms with Crippen molar-refractivity contribution < 1.29 is 5.11 Å². The Balaban J connectivity index is 2.06. The summed E-state index contributed by atoms with van der Waals surface area (Å²) >= 11 is 0. The second kappa shape index (κ2) is 8.31. The molecule has 90 valence electrons. The number of unbranched alkanes of at least 4 members (excludes halogenated alkanes) is 1. The van der Waals surface area contributed by atoms with Crippen LogP contribution in [0.3, 0.4) is 0 Å². The Morgan fingerprint density at radius 1 is 1.00 bits per heavy atom. The molecule has 0 atom stereocenters. The van der Waals surface area contributed by atoms with Crippen molar-refractivity contribution in [1.29, 1.82) is 0 Å². The number of hydrogen-bond donors (Lipinski definition) is 1. The molecular weight excluding hydrogens is 198 g/mol. The van der Waals surface area contributed by atoms with Gasteiger partial charge in [-0.15, -0.1) is 0 Å². The largest absolute Gasteiger partial charge is 0.396 e. The third kappa shape index (κ3) is 5.89. The van der Waals surface area contributed by atoms with E-state index in [9.17, 15) is 0 Å². The Bertz CT molecular complexity index is 261. The van der Waals surface area contributed by atoms with Crippen LogP contribution >= 0.6 is 0 Å². The van der Waals surface area contributed by atoms with Gasteiger partial charge >= 0.3 is 0 Å². The molecule has 0 unspecified atom stereocenters. The minimum atomic E-state index is 0.317. The highest BCUT2D eigenvalue weighted by atomic mass is 16.2. The average Bonchev–Trinajstić information content (AvgIpc) is 2.31. The Morgan fingerprint density at radius 2 is 1.69 bits per heavy atom. The van der Waals surface area contributed by atoms with Gasteiger partial charge in [-0.1, -0.05) is 30.3 Å². The summed E-state index contributed by atoms with van der Waals surface area (Å²) in [6.07, 6.45) is 4.38. The maximum atomic E-state index is 8.69. The fourth-order valence-corrected chi connectivity index (χ4v) is 1.80. The monoisotopic (exact) mass is 221 g/mol. The van der Waals surface area contributed by atoms with Gasteiger partial charge in [0.15, 0.2) is 0 Å². The van der Waals surface area contributed by atoms with Gasteiger partial charge < -0.3 is 10.0 Å². The molecule has 2 heteroatoms. The number of aliphatic hydroxyl groups is 1. The zero-order chi connectivity index (χ0) is 11.6. The number of benzene rings is 1. The van der Waals surface area contributed by atoms with E-state index >= 15 is 0 Å². The van der Waals surface area contributed by atoms with E-state index in [1.165, 1.54) is 12.0 Å². The molecule has 0 aromatic heterocycles. The highest BCUT2D eigenvalue weighted by molar-refractivity contribution is 5.14. The van der Waals surface area contributed by atoms with Gasteiger partial charge in [-0.05, 0) is 51.4 Å². The van der Waals surface area contributed by atoms with Crippen LogP contribution in [-0.2, 0) is 6.42 Å². The summed E-state index contributed by atoms with van der Waals surface area (Å²) in [5.74, 6) is 0. The van der Waals surface area contributed by atoms with Crippen molar-refractivity contribution in [2.24, 2.45) is 0 Å². The number of aryl methyl sites for hydroxylation is 1. The molecule has 0 bridgehead atoms. The fraction of sp³-hybridized carbons (Fsp3) is 0.571. The summed E-state index contributed by atoms with van der Waals surface area (Å²) in [5.41, 5.74) is 1.42. The first-order chi connectivity index (χ1) is 7.83. The zero-order valence-electron chi connectivity index (χ0n) is 10.2. The lowest BCUT2D eigenvalue weighted by molar-refractivity contribution is 0.262. The van der Waals surface area contributed by atoms with E-state index in [-0.39, 0.29) is 0 Å². The molecule has 16 heavy (non-hydrogen) atoms. The molecule has 0 aliphatic rings. The second-order valence-electron chi connectivity index (χ2n) is 4.32. The highest BCUT2D eigenvalue weighted by Gasteiger charge is 1.98. The Morgan fingerprint density at radius 3 is 2.38 bits per heavy atom. The van der Waals surface area contributed by atoms with Crippen molar-refractivity contribution in [1.82, 2.24) is 4.90 Å². The zero-order valence-corrected chi connectivity index (χ0v) is 10.2. The van der Waals surface area contributed by atoms with E-state index in [2.05, 4.69) is 42.3 Å². The van der Waals surface area contributed by atoms with Crippen molar-refractivity contribution in [3.8, 4) is 0 Å². The molecule has 1 aromatic carbocycles. The van der Waals surface area contributed by atoms with E-state index in [1.807, 2.05) is 0 Å². The van der Waals surface area contributed by atoms with Crippen molar-refractivity contribution in [3.05, 3.63) is 35.9 Å². The average molecular weight is 221 g/mol. The molecule has 1 rings (SSSR count). The molecule has 0 radical (unpaired) electrons. The minimum Gasteiger partial charge on any atom is -0.396 e. The van der Waals surface area contributed by atoms with Crippen LogP contribution in [0.4, 0.5) is 0 Å². The summed E-state index contributed by atoms with van der Waals surface area (Å²) < 4.78 is 0. The highest BCUT2D eigenvalue weighted by Crippen LogP contribution is 2.03. The molecule has 0 amide bonds. The van der Waals surface area contributed by atoms with E-state index < -0.39 is 0 Å². The SMILES string of the molecule is CN(CCCCO)CCCc1ccccc1. The minimum absolute atomic E-state index is 0.317. The van der Waals surface area contributed by atoms with Crippen molar-refractivity contribution in [3.63, 3.8) is 0 Å². The van der Waals surface area contributed by atoms with Crippen molar-refractivity contribution >= 4 is 0 Å². The maximum absolute atomic E-state index is 8.69. The smallest absolute Gasteiger partial charge is 0.0431 e. The molecule has 0 spiro atoms. The predicted molar refractivity (Wildman–Crippen MR) is 68.6 cm³/mol. The van der Waals surface area contributed by atoms with E-state index in [1.54, 1.807) is 0 Å². The van der Waals surface area contributed by atoms with Crippen molar-refractivity contribution in [2.45, 2.75) is 25.7 Å². The van der Waals surface area contributed by atoms with Gasteiger partial charge in [0, 0.05) is 6.61 Å². The summed E-state index contributed by atoms with van der Waals surface area (Å²) in [4.78, 5) is 2.35. The van der Waals surface area contributed by atoms with Gasteiger partial charge in [0.05, 0.1) is 0 Å². The van der Waals surface area contributed by atoms with Crippen LogP contribution in [0, 0.1) is 0 Å². The van der Waals surface area contributed by atoms with Gasteiger partial charge in [-0.2, -0.15) is 0 Å². The fourth-order valence-electron chi connectivity index (χ4n) is 1.80. The van der Waals surface area contributed by atoms with Gasteiger partial charge in [-0.25, -0.2) is 0 Å². The van der Waals surface area contributed by atoms with Crippen LogP contribution in [0.1, 0.15) is 24.8 Å². The van der Waals surface area contributed by atoms with Gasteiger partial charge in [0.2, 0.25) is 0 Å². The van der Waals surface area contributed by atoms with E-state index in [4.69, 9.17) is 5.11 Å². The first-order valence-corrected chi connectivity index (χ1v) is 6.16. The summed E-state index contributed by atoms with van der Waals surface area (Å²) in [6.45, 7) is 2.55. The Kier molecular flexibility index (Phi) is 6.86. The molecule has 0 aliphatic carbocycles. The Hall–Kier alpha value is -0.860. The van der Waals surface area contributed by atoms with Crippen LogP contribution < -0.4 is 0 Å². The van der Waals surface area contributed by atoms with Gasteiger partial charge in [-0.3, -0.25) is 0 Å². The molecule has 1 N–H and O–H groups in total. The number of aliphatic hydroxyl groups excluding tert-OH is 1. The first kappa shape index (κ1) is 13.2. The number of nitrogens with zero attached hydrogens (tertiary/aromatic N) is 1. The lowest BCUT2D eigenvalue weighted by Crippen LogP contribution is -2.21. The quantitative estimate of drug-likeness (QED) is 0.681.